The summed E-state index contributed by atoms with van der Waals surface area (Å²) in [5, 5.41) is 0. The van der Waals surface area contributed by atoms with Gasteiger partial charge in [-0.25, -0.2) is 0 Å². The molecule has 1 aromatic rings. The van der Waals surface area contributed by atoms with E-state index in [-0.39, 0.29) is 11.8 Å². The average Bonchev–Trinajstić information content (AvgIpc) is 2.54. The van der Waals surface area contributed by atoms with Gasteiger partial charge in [0, 0.05) is 18.5 Å². The number of nitrogens with zero attached hydrogens (tertiary/aromatic N) is 1. The Morgan fingerprint density at radius 1 is 0.864 bits per heavy atom. The first kappa shape index (κ1) is 18.4. The van der Waals surface area contributed by atoms with Gasteiger partial charge < -0.3 is 0 Å². The zero-order valence-electron chi connectivity index (χ0n) is 14.0. The van der Waals surface area contributed by atoms with E-state index < -0.39 is 0 Å². The quantitative estimate of drug-likeness (QED) is 0.581. The standard InChI is InChI=1S/C19H29NO2/c1-3-5-6-7-8-12-16-20(18(21)13-4-2)19(22)17-14-10-9-11-15-17/h9-11,14-15H,3-8,12-13,16H2,1-2H3. The van der Waals surface area contributed by atoms with Crippen LogP contribution in [0.15, 0.2) is 30.3 Å². The van der Waals surface area contributed by atoms with Crippen LogP contribution < -0.4 is 0 Å². The smallest absolute Gasteiger partial charge is 0.260 e. The monoisotopic (exact) mass is 303 g/mol. The van der Waals surface area contributed by atoms with Gasteiger partial charge in [0.25, 0.3) is 5.91 Å². The summed E-state index contributed by atoms with van der Waals surface area (Å²) in [6, 6.07) is 9.09. The van der Waals surface area contributed by atoms with Crippen molar-refractivity contribution in [2.24, 2.45) is 0 Å². The number of imide groups is 1. The zero-order chi connectivity index (χ0) is 16.2. The average molecular weight is 303 g/mol. The first-order chi connectivity index (χ1) is 10.7. The molecule has 0 bridgehead atoms. The Morgan fingerprint density at radius 2 is 1.50 bits per heavy atom. The van der Waals surface area contributed by atoms with E-state index >= 15 is 0 Å². The van der Waals surface area contributed by atoms with Crippen molar-refractivity contribution in [1.82, 2.24) is 4.90 Å². The van der Waals surface area contributed by atoms with E-state index in [2.05, 4.69) is 6.92 Å². The van der Waals surface area contributed by atoms with Crippen molar-refractivity contribution in [1.29, 1.82) is 0 Å². The summed E-state index contributed by atoms with van der Waals surface area (Å²) in [5.74, 6) is -0.211. The third-order valence-corrected chi connectivity index (χ3v) is 3.77. The number of carbonyl (C=O) groups is 2. The van der Waals surface area contributed by atoms with E-state index in [0.29, 0.717) is 18.5 Å². The van der Waals surface area contributed by atoms with Crippen molar-refractivity contribution in [3.8, 4) is 0 Å². The second-order valence-corrected chi connectivity index (χ2v) is 5.73. The molecule has 122 valence electrons. The summed E-state index contributed by atoms with van der Waals surface area (Å²) in [7, 11) is 0. The van der Waals surface area contributed by atoms with E-state index in [1.165, 1.54) is 30.6 Å². The van der Waals surface area contributed by atoms with Crippen molar-refractivity contribution in [3.05, 3.63) is 35.9 Å². The second kappa shape index (κ2) is 11.0. The third-order valence-electron chi connectivity index (χ3n) is 3.77. The molecule has 1 aromatic carbocycles. The lowest BCUT2D eigenvalue weighted by Gasteiger charge is -2.21. The van der Waals surface area contributed by atoms with Gasteiger partial charge in [-0.15, -0.1) is 0 Å². The maximum atomic E-state index is 12.5. The Bertz CT molecular complexity index is 442. The lowest BCUT2D eigenvalue weighted by atomic mass is 10.1. The highest BCUT2D eigenvalue weighted by molar-refractivity contribution is 6.04. The molecular formula is C19H29NO2. The number of unbranched alkanes of at least 4 members (excludes halogenated alkanes) is 5. The molecule has 3 nitrogen and oxygen atoms in total. The molecule has 0 spiro atoms. The van der Waals surface area contributed by atoms with Gasteiger partial charge in [-0.1, -0.05) is 64.2 Å². The van der Waals surface area contributed by atoms with Crippen LogP contribution in [0.3, 0.4) is 0 Å². The van der Waals surface area contributed by atoms with Gasteiger partial charge in [0.05, 0.1) is 0 Å². The van der Waals surface area contributed by atoms with E-state index in [1.807, 2.05) is 25.1 Å². The fourth-order valence-electron chi connectivity index (χ4n) is 2.48. The fraction of sp³-hybridized carbons (Fsp3) is 0.579. The normalized spacial score (nSPS) is 10.5. The highest BCUT2D eigenvalue weighted by Gasteiger charge is 2.21. The molecule has 0 aliphatic rings. The maximum Gasteiger partial charge on any atom is 0.260 e. The Labute approximate surface area is 134 Å². The number of rotatable bonds is 10. The molecule has 2 amide bonds. The van der Waals surface area contributed by atoms with Crippen LogP contribution in [0.5, 0.6) is 0 Å². The Hall–Kier alpha value is -1.64. The molecule has 0 saturated carbocycles. The van der Waals surface area contributed by atoms with Crippen molar-refractivity contribution in [2.45, 2.75) is 65.2 Å². The molecule has 0 aliphatic carbocycles. The minimum atomic E-state index is -0.160. The van der Waals surface area contributed by atoms with Gasteiger partial charge >= 0.3 is 0 Å². The van der Waals surface area contributed by atoms with Crippen LogP contribution >= 0.6 is 0 Å². The number of benzene rings is 1. The molecule has 0 radical (unpaired) electrons. The lowest BCUT2D eigenvalue weighted by Crippen LogP contribution is -2.37. The van der Waals surface area contributed by atoms with Crippen LogP contribution in [-0.4, -0.2) is 23.3 Å². The minimum absolute atomic E-state index is 0.0510. The topological polar surface area (TPSA) is 37.4 Å². The summed E-state index contributed by atoms with van der Waals surface area (Å²) < 4.78 is 0. The maximum absolute atomic E-state index is 12.5. The highest BCUT2D eigenvalue weighted by Crippen LogP contribution is 2.11. The summed E-state index contributed by atoms with van der Waals surface area (Å²) in [4.78, 5) is 26.2. The first-order valence-corrected chi connectivity index (χ1v) is 8.60. The summed E-state index contributed by atoms with van der Waals surface area (Å²) in [5.41, 5.74) is 0.595. The van der Waals surface area contributed by atoms with Crippen molar-refractivity contribution >= 4 is 11.8 Å². The molecule has 0 unspecified atom stereocenters. The summed E-state index contributed by atoms with van der Waals surface area (Å²) in [6.07, 6.45) is 8.11. The van der Waals surface area contributed by atoms with Crippen molar-refractivity contribution in [3.63, 3.8) is 0 Å². The predicted molar refractivity (Wildman–Crippen MR) is 90.8 cm³/mol. The molecule has 22 heavy (non-hydrogen) atoms. The van der Waals surface area contributed by atoms with Gasteiger partial charge in [-0.3, -0.25) is 14.5 Å². The number of hydrogen-bond donors (Lipinski definition) is 0. The molecule has 0 aromatic heterocycles. The minimum Gasteiger partial charge on any atom is -0.279 e. The van der Waals surface area contributed by atoms with Crippen LogP contribution in [0.25, 0.3) is 0 Å². The summed E-state index contributed by atoms with van der Waals surface area (Å²) in [6.45, 7) is 4.70. The molecular weight excluding hydrogens is 274 g/mol. The third kappa shape index (κ3) is 6.42. The van der Waals surface area contributed by atoms with Crippen molar-refractivity contribution in [2.75, 3.05) is 6.54 Å². The van der Waals surface area contributed by atoms with E-state index in [4.69, 9.17) is 0 Å². The van der Waals surface area contributed by atoms with Gasteiger partial charge in [0.1, 0.15) is 0 Å². The van der Waals surface area contributed by atoms with E-state index in [1.54, 1.807) is 12.1 Å². The van der Waals surface area contributed by atoms with Crippen LogP contribution in [-0.2, 0) is 4.79 Å². The van der Waals surface area contributed by atoms with Crippen LogP contribution in [0.1, 0.15) is 75.6 Å². The molecule has 0 N–H and O–H groups in total. The molecule has 0 saturated heterocycles. The van der Waals surface area contributed by atoms with Crippen molar-refractivity contribution < 1.29 is 9.59 Å². The molecule has 0 aliphatic heterocycles. The molecule has 0 heterocycles. The van der Waals surface area contributed by atoms with E-state index in [9.17, 15) is 9.59 Å². The van der Waals surface area contributed by atoms with Gasteiger partial charge in [0.15, 0.2) is 0 Å². The number of amides is 2. The zero-order valence-corrected chi connectivity index (χ0v) is 14.0. The van der Waals surface area contributed by atoms with Gasteiger partial charge in [-0.05, 0) is 25.0 Å². The molecule has 3 heteroatoms. The van der Waals surface area contributed by atoms with Crippen LogP contribution in [0, 0.1) is 0 Å². The SMILES string of the molecule is CCCCCCCCN(C(=O)CCC)C(=O)c1ccccc1. The predicted octanol–water partition coefficient (Wildman–Crippen LogP) is 4.82. The number of hydrogen-bond acceptors (Lipinski definition) is 2. The lowest BCUT2D eigenvalue weighted by molar-refractivity contribution is -0.128. The Kier molecular flexibility index (Phi) is 9.20. The first-order valence-electron chi connectivity index (χ1n) is 8.60. The van der Waals surface area contributed by atoms with Gasteiger partial charge in [0.2, 0.25) is 5.91 Å². The molecule has 0 fully saturated rings. The van der Waals surface area contributed by atoms with Crippen LogP contribution in [0.4, 0.5) is 0 Å². The highest BCUT2D eigenvalue weighted by atomic mass is 16.2. The Morgan fingerprint density at radius 3 is 2.14 bits per heavy atom. The molecule has 0 atom stereocenters. The number of carbonyl (C=O) groups excluding carboxylic acids is 2. The van der Waals surface area contributed by atoms with E-state index in [0.717, 1.165) is 19.3 Å². The second-order valence-electron chi connectivity index (χ2n) is 5.73. The Balaban J connectivity index is 2.57. The van der Waals surface area contributed by atoms with Gasteiger partial charge in [-0.2, -0.15) is 0 Å². The summed E-state index contributed by atoms with van der Waals surface area (Å²) >= 11 is 0. The van der Waals surface area contributed by atoms with Crippen LogP contribution in [0.2, 0.25) is 0 Å². The largest absolute Gasteiger partial charge is 0.279 e. The fourth-order valence-corrected chi connectivity index (χ4v) is 2.48. The molecule has 1 rings (SSSR count).